The summed E-state index contributed by atoms with van der Waals surface area (Å²) in [6.07, 6.45) is 2.41. The van der Waals surface area contributed by atoms with Gasteiger partial charge in [-0.2, -0.15) is 11.8 Å². The largest absolute Gasteiger partial charge is 0.312 e. The van der Waals surface area contributed by atoms with Crippen LogP contribution in [0.25, 0.3) is 0 Å². The third kappa shape index (κ3) is 1.80. The summed E-state index contributed by atoms with van der Waals surface area (Å²) < 4.78 is 0. The second-order valence-electron chi connectivity index (χ2n) is 4.19. The molecular weight excluding hydrogens is 196 g/mol. The van der Waals surface area contributed by atoms with E-state index in [-0.39, 0.29) is 11.9 Å². The van der Waals surface area contributed by atoms with Crippen LogP contribution in [0, 0.1) is 5.92 Å². The lowest BCUT2D eigenvalue weighted by atomic mass is 10.1. The van der Waals surface area contributed by atoms with Crippen LogP contribution in [0.1, 0.15) is 26.7 Å². The molecule has 78 valence electrons. The van der Waals surface area contributed by atoms with Gasteiger partial charge in [0.1, 0.15) is 11.9 Å². The van der Waals surface area contributed by atoms with Gasteiger partial charge in [-0.3, -0.25) is 9.79 Å². The van der Waals surface area contributed by atoms with E-state index in [0.29, 0.717) is 11.2 Å². The first kappa shape index (κ1) is 10.0. The Labute approximate surface area is 88.7 Å². The summed E-state index contributed by atoms with van der Waals surface area (Å²) in [4.78, 5) is 16.0. The number of aliphatic imine (C=N–C) groups is 1. The zero-order chi connectivity index (χ0) is 10.1. The minimum absolute atomic E-state index is 0.0856. The SMILES string of the molecule is CC(C)C1N=C(C2CCCS2)NC1=O. The predicted molar refractivity (Wildman–Crippen MR) is 59.7 cm³/mol. The minimum atomic E-state index is -0.147. The number of rotatable bonds is 2. The molecule has 4 heteroatoms. The van der Waals surface area contributed by atoms with Gasteiger partial charge in [-0.25, -0.2) is 0 Å². The van der Waals surface area contributed by atoms with Gasteiger partial charge in [-0.05, 0) is 24.5 Å². The van der Waals surface area contributed by atoms with E-state index >= 15 is 0 Å². The average Bonchev–Trinajstić information content (AvgIpc) is 2.70. The Bertz CT molecular complexity index is 269. The molecule has 0 aromatic heterocycles. The highest BCUT2D eigenvalue weighted by atomic mass is 32.2. The minimum Gasteiger partial charge on any atom is -0.312 e. The molecule has 1 fully saturated rings. The molecule has 2 unspecified atom stereocenters. The van der Waals surface area contributed by atoms with Crippen LogP contribution in [-0.2, 0) is 4.79 Å². The van der Waals surface area contributed by atoms with Crippen molar-refractivity contribution in [3.05, 3.63) is 0 Å². The summed E-state index contributed by atoms with van der Waals surface area (Å²) in [6.45, 7) is 4.08. The topological polar surface area (TPSA) is 41.5 Å². The summed E-state index contributed by atoms with van der Waals surface area (Å²) in [5.74, 6) is 2.52. The van der Waals surface area contributed by atoms with Gasteiger partial charge in [0, 0.05) is 0 Å². The fourth-order valence-electron chi connectivity index (χ4n) is 1.85. The first-order valence-electron chi connectivity index (χ1n) is 5.18. The number of amides is 1. The molecule has 14 heavy (non-hydrogen) atoms. The lowest BCUT2D eigenvalue weighted by Gasteiger charge is -2.06. The van der Waals surface area contributed by atoms with Crippen LogP contribution < -0.4 is 5.32 Å². The Balaban J connectivity index is 2.07. The van der Waals surface area contributed by atoms with Gasteiger partial charge in [0.25, 0.3) is 0 Å². The van der Waals surface area contributed by atoms with Crippen LogP contribution in [0.5, 0.6) is 0 Å². The molecule has 3 nitrogen and oxygen atoms in total. The van der Waals surface area contributed by atoms with Gasteiger partial charge in [-0.1, -0.05) is 13.8 Å². The highest BCUT2D eigenvalue weighted by Gasteiger charge is 2.33. The third-order valence-corrected chi connectivity index (χ3v) is 4.05. The van der Waals surface area contributed by atoms with Crippen molar-refractivity contribution < 1.29 is 4.79 Å². The molecule has 0 radical (unpaired) electrons. The molecule has 1 N–H and O–H groups in total. The van der Waals surface area contributed by atoms with Crippen LogP contribution in [0.4, 0.5) is 0 Å². The fraction of sp³-hybridized carbons (Fsp3) is 0.800. The van der Waals surface area contributed by atoms with E-state index in [1.54, 1.807) is 0 Å². The van der Waals surface area contributed by atoms with E-state index in [0.717, 1.165) is 12.3 Å². The molecule has 0 aromatic rings. The number of nitrogens with zero attached hydrogens (tertiary/aromatic N) is 1. The van der Waals surface area contributed by atoms with Crippen LogP contribution in [0.3, 0.4) is 0 Å². The molecule has 0 saturated carbocycles. The molecule has 2 atom stereocenters. The number of carbonyl (C=O) groups is 1. The molecule has 2 aliphatic heterocycles. The molecule has 2 rings (SSSR count). The standard InChI is InChI=1S/C10H16N2OS/c1-6(2)8-10(13)12-9(11-8)7-4-3-5-14-7/h6-8H,3-5H2,1-2H3,(H,11,12,13). The Morgan fingerprint density at radius 3 is 2.86 bits per heavy atom. The Hall–Kier alpha value is -0.510. The molecule has 2 aliphatic rings. The second kappa shape index (κ2) is 3.93. The highest BCUT2D eigenvalue weighted by molar-refractivity contribution is 8.00. The van der Waals surface area contributed by atoms with Crippen LogP contribution >= 0.6 is 11.8 Å². The Kier molecular flexibility index (Phi) is 2.81. The first-order chi connectivity index (χ1) is 6.68. The number of carbonyl (C=O) groups excluding carboxylic acids is 1. The number of hydrogen-bond acceptors (Lipinski definition) is 3. The Morgan fingerprint density at radius 2 is 2.36 bits per heavy atom. The zero-order valence-electron chi connectivity index (χ0n) is 8.62. The van der Waals surface area contributed by atoms with Crippen molar-refractivity contribution in [1.29, 1.82) is 0 Å². The third-order valence-electron chi connectivity index (χ3n) is 2.66. The van der Waals surface area contributed by atoms with Gasteiger partial charge in [-0.15, -0.1) is 0 Å². The predicted octanol–water partition coefficient (Wildman–Crippen LogP) is 1.43. The lowest BCUT2D eigenvalue weighted by Crippen LogP contribution is -2.34. The summed E-state index contributed by atoms with van der Waals surface area (Å²) >= 11 is 1.91. The quantitative estimate of drug-likeness (QED) is 0.752. The molecular formula is C10H16N2OS. The summed E-state index contributed by atoms with van der Waals surface area (Å²) in [6, 6.07) is -0.147. The smallest absolute Gasteiger partial charge is 0.250 e. The van der Waals surface area contributed by atoms with Crippen LogP contribution in [0.2, 0.25) is 0 Å². The van der Waals surface area contributed by atoms with E-state index in [1.807, 2.05) is 25.6 Å². The van der Waals surface area contributed by atoms with Crippen LogP contribution in [-0.4, -0.2) is 28.8 Å². The molecule has 0 spiro atoms. The summed E-state index contributed by atoms with van der Waals surface area (Å²) in [7, 11) is 0. The van der Waals surface area contributed by atoms with Crippen molar-refractivity contribution in [2.45, 2.75) is 38.0 Å². The lowest BCUT2D eigenvalue weighted by molar-refractivity contribution is -0.120. The molecule has 0 aliphatic carbocycles. The number of hydrogen-bond donors (Lipinski definition) is 1. The van der Waals surface area contributed by atoms with Crippen molar-refractivity contribution in [3.8, 4) is 0 Å². The van der Waals surface area contributed by atoms with Gasteiger partial charge in [0.2, 0.25) is 5.91 Å². The van der Waals surface area contributed by atoms with Crippen LogP contribution in [0.15, 0.2) is 4.99 Å². The van der Waals surface area contributed by atoms with E-state index in [1.165, 1.54) is 12.2 Å². The Morgan fingerprint density at radius 1 is 1.57 bits per heavy atom. The fourth-order valence-corrected chi connectivity index (χ4v) is 3.08. The first-order valence-corrected chi connectivity index (χ1v) is 6.23. The van der Waals surface area contributed by atoms with Crippen molar-refractivity contribution in [2.75, 3.05) is 5.75 Å². The van der Waals surface area contributed by atoms with Crippen molar-refractivity contribution >= 4 is 23.5 Å². The summed E-state index contributed by atoms with van der Waals surface area (Å²) in [5, 5.41) is 3.36. The van der Waals surface area contributed by atoms with Gasteiger partial charge in [0.15, 0.2) is 0 Å². The highest BCUT2D eigenvalue weighted by Crippen LogP contribution is 2.28. The maximum Gasteiger partial charge on any atom is 0.250 e. The average molecular weight is 212 g/mol. The van der Waals surface area contributed by atoms with Crippen molar-refractivity contribution in [1.82, 2.24) is 5.32 Å². The van der Waals surface area contributed by atoms with Gasteiger partial charge >= 0.3 is 0 Å². The molecule has 0 bridgehead atoms. The maximum absolute atomic E-state index is 11.5. The van der Waals surface area contributed by atoms with Gasteiger partial charge < -0.3 is 5.32 Å². The van der Waals surface area contributed by atoms with E-state index < -0.39 is 0 Å². The number of thioether (sulfide) groups is 1. The van der Waals surface area contributed by atoms with E-state index in [4.69, 9.17) is 0 Å². The maximum atomic E-state index is 11.5. The van der Waals surface area contributed by atoms with E-state index in [2.05, 4.69) is 10.3 Å². The second-order valence-corrected chi connectivity index (χ2v) is 5.50. The molecule has 0 aromatic carbocycles. The van der Waals surface area contributed by atoms with Gasteiger partial charge in [0.05, 0.1) is 5.25 Å². The molecule has 2 heterocycles. The monoisotopic (exact) mass is 212 g/mol. The summed E-state index contributed by atoms with van der Waals surface area (Å²) in [5.41, 5.74) is 0. The number of nitrogens with one attached hydrogen (secondary N) is 1. The normalized spacial score (nSPS) is 32.2. The van der Waals surface area contributed by atoms with Crippen molar-refractivity contribution in [2.24, 2.45) is 10.9 Å². The van der Waals surface area contributed by atoms with Crippen molar-refractivity contribution in [3.63, 3.8) is 0 Å². The molecule has 1 amide bonds. The molecule has 1 saturated heterocycles. The zero-order valence-corrected chi connectivity index (χ0v) is 9.43. The number of amidine groups is 1. The van der Waals surface area contributed by atoms with E-state index in [9.17, 15) is 4.79 Å².